The number of fused-ring (bicyclic) bond motifs is 3. The summed E-state index contributed by atoms with van der Waals surface area (Å²) in [5.74, 6) is -1.15. The van der Waals surface area contributed by atoms with Crippen LogP contribution in [0.4, 0.5) is 0 Å². The van der Waals surface area contributed by atoms with E-state index in [4.69, 9.17) is 16.3 Å². The van der Waals surface area contributed by atoms with E-state index >= 15 is 0 Å². The van der Waals surface area contributed by atoms with Gasteiger partial charge in [0.05, 0.1) is 28.8 Å². The summed E-state index contributed by atoms with van der Waals surface area (Å²) in [5, 5.41) is 14.9. The van der Waals surface area contributed by atoms with Crippen LogP contribution in [-0.4, -0.2) is 43.1 Å². The number of nitrogens with zero attached hydrogens (tertiary/aromatic N) is 4. The van der Waals surface area contributed by atoms with Gasteiger partial charge in [0.25, 0.3) is 5.56 Å². The molecule has 0 spiro atoms. The summed E-state index contributed by atoms with van der Waals surface area (Å²) in [5.41, 5.74) is 2.89. The lowest BCUT2D eigenvalue weighted by atomic mass is 10.1. The van der Waals surface area contributed by atoms with E-state index in [-0.39, 0.29) is 17.7 Å². The molecule has 0 amide bonds. The smallest absolute Gasteiger partial charge is 0.327 e. The van der Waals surface area contributed by atoms with E-state index < -0.39 is 17.6 Å². The molecule has 1 atom stereocenters. The highest BCUT2D eigenvalue weighted by atomic mass is 35.5. The Morgan fingerprint density at radius 1 is 1.30 bits per heavy atom. The van der Waals surface area contributed by atoms with Crippen LogP contribution in [0, 0.1) is 0 Å². The minimum Gasteiger partial charge on any atom is -0.480 e. The van der Waals surface area contributed by atoms with Crippen molar-refractivity contribution in [2.24, 2.45) is 0 Å². The first kappa shape index (κ1) is 20.4. The van der Waals surface area contributed by atoms with Crippen molar-refractivity contribution in [3.05, 3.63) is 63.8 Å². The molecule has 10 heteroatoms. The Hall–Kier alpha value is -2.88. The summed E-state index contributed by atoms with van der Waals surface area (Å²) in [6.07, 6.45) is 2.89. The molecular weight excluding hydrogens is 428 g/mol. The molecule has 1 N–H and O–H groups in total. The van der Waals surface area contributed by atoms with Crippen LogP contribution >= 0.6 is 24.2 Å². The van der Waals surface area contributed by atoms with E-state index in [1.807, 2.05) is 12.1 Å². The Morgan fingerprint density at radius 3 is 2.67 bits per heavy atom. The standard InChI is InChI=1S/C20H17ClN4O4S/c1-29-9-14-17(11-2-4-12(21)5-3-11)18-22-8-13-15(25(18)23-14)6-7-24(19(13)26)16(10-30)20(27)28/h2-8,16,30H,9-10H2,1H3,(H,27,28)/t16-/m0/s1. The summed E-state index contributed by atoms with van der Waals surface area (Å²) in [7, 11) is 1.57. The first-order valence-electron chi connectivity index (χ1n) is 8.96. The van der Waals surface area contributed by atoms with Crippen LogP contribution in [0.1, 0.15) is 11.7 Å². The van der Waals surface area contributed by atoms with Gasteiger partial charge in [0.15, 0.2) is 5.65 Å². The zero-order valence-corrected chi connectivity index (χ0v) is 17.5. The summed E-state index contributed by atoms with van der Waals surface area (Å²) in [6, 6.07) is 7.87. The molecule has 0 aliphatic carbocycles. The molecule has 0 bridgehead atoms. The second kappa shape index (κ2) is 8.10. The molecule has 0 aliphatic rings. The predicted molar refractivity (Wildman–Crippen MR) is 116 cm³/mol. The maximum absolute atomic E-state index is 12.9. The van der Waals surface area contributed by atoms with Gasteiger partial charge in [0, 0.05) is 30.3 Å². The fraction of sp³-hybridized carbons (Fsp3) is 0.200. The molecule has 0 unspecified atom stereocenters. The Labute approximate surface area is 181 Å². The molecule has 0 fully saturated rings. The second-order valence-corrected chi connectivity index (χ2v) is 7.42. The Bertz CT molecular complexity index is 1320. The number of rotatable bonds is 6. The monoisotopic (exact) mass is 444 g/mol. The van der Waals surface area contributed by atoms with Crippen LogP contribution in [0.2, 0.25) is 5.02 Å². The molecule has 30 heavy (non-hydrogen) atoms. The van der Waals surface area contributed by atoms with Gasteiger partial charge in [-0.1, -0.05) is 23.7 Å². The number of aromatic nitrogens is 4. The number of halogens is 1. The van der Waals surface area contributed by atoms with Gasteiger partial charge in [-0.3, -0.25) is 9.36 Å². The molecule has 0 saturated heterocycles. The molecule has 8 nitrogen and oxygen atoms in total. The van der Waals surface area contributed by atoms with Crippen molar-refractivity contribution in [2.75, 3.05) is 12.9 Å². The van der Waals surface area contributed by atoms with Crippen LogP contribution in [0.5, 0.6) is 0 Å². The second-order valence-electron chi connectivity index (χ2n) is 6.62. The molecule has 154 valence electrons. The number of benzene rings is 1. The lowest BCUT2D eigenvalue weighted by molar-refractivity contribution is -0.140. The summed E-state index contributed by atoms with van der Waals surface area (Å²) < 4.78 is 8.02. The van der Waals surface area contributed by atoms with Crippen molar-refractivity contribution in [2.45, 2.75) is 12.6 Å². The third-order valence-electron chi connectivity index (χ3n) is 4.82. The predicted octanol–water partition coefficient (Wildman–Crippen LogP) is 3.07. The third-order valence-corrected chi connectivity index (χ3v) is 5.42. The number of carboxylic acid groups (broad SMARTS) is 1. The lowest BCUT2D eigenvalue weighted by Gasteiger charge is -2.14. The Kier molecular flexibility index (Phi) is 5.50. The molecule has 0 saturated carbocycles. The summed E-state index contributed by atoms with van der Waals surface area (Å²) in [4.78, 5) is 28.9. The van der Waals surface area contributed by atoms with Gasteiger partial charge in [0.1, 0.15) is 6.04 Å². The third kappa shape index (κ3) is 3.34. The highest BCUT2D eigenvalue weighted by Gasteiger charge is 2.22. The fourth-order valence-corrected chi connectivity index (χ4v) is 3.87. The van der Waals surface area contributed by atoms with Crippen molar-refractivity contribution >= 4 is 46.7 Å². The topological polar surface area (TPSA) is 98.7 Å². The average Bonchev–Trinajstić information content (AvgIpc) is 3.09. The number of carboxylic acids is 1. The maximum Gasteiger partial charge on any atom is 0.327 e. The maximum atomic E-state index is 12.9. The average molecular weight is 445 g/mol. The van der Waals surface area contributed by atoms with Gasteiger partial charge in [-0.15, -0.1) is 0 Å². The van der Waals surface area contributed by atoms with E-state index in [1.54, 1.807) is 29.8 Å². The van der Waals surface area contributed by atoms with Gasteiger partial charge in [-0.2, -0.15) is 17.7 Å². The minimum absolute atomic E-state index is 0.0170. The van der Waals surface area contributed by atoms with Crippen LogP contribution in [0.3, 0.4) is 0 Å². The summed E-state index contributed by atoms with van der Waals surface area (Å²) >= 11 is 10.1. The first-order valence-corrected chi connectivity index (χ1v) is 9.97. The van der Waals surface area contributed by atoms with Crippen LogP contribution < -0.4 is 5.56 Å². The van der Waals surface area contributed by atoms with E-state index in [1.165, 1.54) is 12.4 Å². The van der Waals surface area contributed by atoms with Gasteiger partial charge in [0.2, 0.25) is 0 Å². The molecule has 0 aliphatic heterocycles. The quantitative estimate of drug-likeness (QED) is 0.443. The number of carbonyl (C=O) groups is 1. The van der Waals surface area contributed by atoms with Crippen molar-refractivity contribution in [1.29, 1.82) is 0 Å². The first-order chi connectivity index (χ1) is 14.5. The van der Waals surface area contributed by atoms with Crippen LogP contribution in [0.15, 0.2) is 47.5 Å². The highest BCUT2D eigenvalue weighted by Crippen LogP contribution is 2.30. The number of hydrogen-bond acceptors (Lipinski definition) is 6. The molecule has 3 heterocycles. The number of ether oxygens (including phenoxy) is 1. The number of aliphatic carboxylic acids is 1. The van der Waals surface area contributed by atoms with Crippen molar-refractivity contribution in [1.82, 2.24) is 19.2 Å². The Balaban J connectivity index is 2.00. The summed E-state index contributed by atoms with van der Waals surface area (Å²) in [6.45, 7) is 0.251. The molecule has 3 aromatic heterocycles. The van der Waals surface area contributed by atoms with E-state index in [9.17, 15) is 14.7 Å². The normalized spacial score (nSPS) is 12.5. The molecule has 0 radical (unpaired) electrons. The number of thiol groups is 1. The fourth-order valence-electron chi connectivity index (χ4n) is 3.41. The number of pyridine rings is 1. The zero-order chi connectivity index (χ0) is 21.4. The van der Waals surface area contributed by atoms with Crippen molar-refractivity contribution < 1.29 is 14.6 Å². The SMILES string of the molecule is COCc1nn2c(ncc3c(=O)n([C@@H](CS)C(=O)O)ccc32)c1-c1ccc(Cl)cc1. The zero-order valence-electron chi connectivity index (χ0n) is 15.8. The molecule has 4 rings (SSSR count). The van der Waals surface area contributed by atoms with E-state index in [0.29, 0.717) is 21.9 Å². The molecule has 1 aromatic carbocycles. The lowest BCUT2D eigenvalue weighted by Crippen LogP contribution is -2.31. The number of hydrogen-bond donors (Lipinski definition) is 2. The van der Waals surface area contributed by atoms with Crippen LogP contribution in [0.25, 0.3) is 27.7 Å². The Morgan fingerprint density at radius 2 is 2.03 bits per heavy atom. The van der Waals surface area contributed by atoms with Crippen molar-refractivity contribution in [3.8, 4) is 11.1 Å². The highest BCUT2D eigenvalue weighted by molar-refractivity contribution is 7.80. The van der Waals surface area contributed by atoms with Gasteiger partial charge < -0.3 is 9.84 Å². The van der Waals surface area contributed by atoms with E-state index in [0.717, 1.165) is 15.7 Å². The van der Waals surface area contributed by atoms with Gasteiger partial charge in [-0.25, -0.2) is 14.3 Å². The van der Waals surface area contributed by atoms with E-state index in [2.05, 4.69) is 22.7 Å². The largest absolute Gasteiger partial charge is 0.480 e. The minimum atomic E-state index is -1.13. The molecular formula is C20H17ClN4O4S. The van der Waals surface area contributed by atoms with Crippen molar-refractivity contribution in [3.63, 3.8) is 0 Å². The molecule has 4 aromatic rings. The van der Waals surface area contributed by atoms with Gasteiger partial charge >= 0.3 is 5.97 Å². The van der Waals surface area contributed by atoms with Gasteiger partial charge in [-0.05, 0) is 23.8 Å². The van der Waals surface area contributed by atoms with Crippen LogP contribution in [-0.2, 0) is 16.1 Å². The number of methoxy groups -OCH3 is 1.